The summed E-state index contributed by atoms with van der Waals surface area (Å²) in [6.45, 7) is 5.52. The fraction of sp³-hybridized carbons (Fsp3) is 0.321. The van der Waals surface area contributed by atoms with Gasteiger partial charge in [-0.1, -0.05) is 30.3 Å². The topological polar surface area (TPSA) is 72.4 Å². The molecule has 35 heavy (non-hydrogen) atoms. The van der Waals surface area contributed by atoms with Gasteiger partial charge in [-0.25, -0.2) is 9.97 Å². The van der Waals surface area contributed by atoms with Crippen molar-refractivity contribution in [3.05, 3.63) is 72.4 Å². The molecule has 3 heterocycles. The van der Waals surface area contributed by atoms with Crippen LogP contribution in [0.5, 0.6) is 11.5 Å². The lowest BCUT2D eigenvalue weighted by atomic mass is 10.0. The minimum Gasteiger partial charge on any atom is -0.493 e. The number of piperidine rings is 1. The van der Waals surface area contributed by atoms with Gasteiger partial charge in [-0.15, -0.1) is 0 Å². The number of benzene rings is 2. The molecule has 2 aromatic heterocycles. The van der Waals surface area contributed by atoms with E-state index >= 15 is 0 Å². The zero-order chi connectivity index (χ0) is 24.0. The van der Waals surface area contributed by atoms with Crippen molar-refractivity contribution in [1.29, 1.82) is 0 Å². The number of anilines is 1. The Morgan fingerprint density at radius 2 is 1.80 bits per heavy atom. The summed E-state index contributed by atoms with van der Waals surface area (Å²) < 4.78 is 11.2. The highest BCUT2D eigenvalue weighted by Crippen LogP contribution is 2.30. The Morgan fingerprint density at radius 3 is 2.57 bits per heavy atom. The number of nitrogens with zero attached hydrogens (tertiary/aromatic N) is 4. The first-order chi connectivity index (χ1) is 17.2. The summed E-state index contributed by atoms with van der Waals surface area (Å²) in [6, 6.07) is 20.5. The molecular formula is C28H31N5O2. The van der Waals surface area contributed by atoms with Crippen LogP contribution in [0, 0.1) is 0 Å². The number of fused-ring (bicyclic) bond motifs is 1. The van der Waals surface area contributed by atoms with Gasteiger partial charge in [-0.3, -0.25) is 9.88 Å². The molecule has 180 valence electrons. The van der Waals surface area contributed by atoms with Crippen LogP contribution in [0.25, 0.3) is 22.3 Å². The van der Waals surface area contributed by atoms with Crippen molar-refractivity contribution < 1.29 is 9.47 Å². The Hall–Kier alpha value is -3.71. The molecule has 7 nitrogen and oxygen atoms in total. The van der Waals surface area contributed by atoms with E-state index in [4.69, 9.17) is 19.4 Å². The lowest BCUT2D eigenvalue weighted by Crippen LogP contribution is -2.39. The molecule has 0 unspecified atom stereocenters. The van der Waals surface area contributed by atoms with E-state index in [1.807, 2.05) is 49.4 Å². The van der Waals surface area contributed by atoms with Gasteiger partial charge in [0.1, 0.15) is 5.69 Å². The van der Waals surface area contributed by atoms with Gasteiger partial charge in [0.15, 0.2) is 11.5 Å². The van der Waals surface area contributed by atoms with Crippen molar-refractivity contribution in [2.75, 3.05) is 32.1 Å². The van der Waals surface area contributed by atoms with Crippen LogP contribution in [0.1, 0.15) is 25.3 Å². The molecule has 0 saturated carbocycles. The predicted molar refractivity (Wildman–Crippen MR) is 139 cm³/mol. The molecule has 1 aliphatic rings. The highest BCUT2D eigenvalue weighted by molar-refractivity contribution is 5.92. The molecule has 0 spiro atoms. The van der Waals surface area contributed by atoms with E-state index in [-0.39, 0.29) is 0 Å². The average Bonchev–Trinajstić information content (AvgIpc) is 2.90. The number of pyridine rings is 1. The number of para-hydroxylation sites is 1. The second-order valence-electron chi connectivity index (χ2n) is 8.74. The van der Waals surface area contributed by atoms with E-state index in [0.717, 1.165) is 66.3 Å². The summed E-state index contributed by atoms with van der Waals surface area (Å²) in [7, 11) is 1.67. The van der Waals surface area contributed by atoms with Crippen LogP contribution in [-0.2, 0) is 6.54 Å². The van der Waals surface area contributed by atoms with Gasteiger partial charge in [0.2, 0.25) is 5.95 Å². The molecule has 1 saturated heterocycles. The lowest BCUT2D eigenvalue weighted by Gasteiger charge is -2.32. The smallest absolute Gasteiger partial charge is 0.224 e. The summed E-state index contributed by atoms with van der Waals surface area (Å²) in [5.74, 6) is 2.25. The molecule has 2 aromatic carbocycles. The lowest BCUT2D eigenvalue weighted by molar-refractivity contribution is 0.210. The van der Waals surface area contributed by atoms with Crippen LogP contribution >= 0.6 is 0 Å². The van der Waals surface area contributed by atoms with E-state index in [1.165, 1.54) is 5.56 Å². The van der Waals surface area contributed by atoms with Crippen molar-refractivity contribution in [3.8, 4) is 22.9 Å². The monoisotopic (exact) mass is 469 g/mol. The molecule has 0 aliphatic carbocycles. The Morgan fingerprint density at radius 1 is 0.971 bits per heavy atom. The molecular weight excluding hydrogens is 438 g/mol. The number of aromatic nitrogens is 3. The molecule has 0 bridgehead atoms. The van der Waals surface area contributed by atoms with E-state index in [0.29, 0.717) is 18.6 Å². The summed E-state index contributed by atoms with van der Waals surface area (Å²) in [5, 5.41) is 4.61. The maximum absolute atomic E-state index is 5.74. The molecule has 0 atom stereocenters. The van der Waals surface area contributed by atoms with E-state index in [2.05, 4.69) is 33.4 Å². The fourth-order valence-electron chi connectivity index (χ4n) is 4.60. The third-order valence-electron chi connectivity index (χ3n) is 6.37. The number of rotatable bonds is 8. The summed E-state index contributed by atoms with van der Waals surface area (Å²) in [5.41, 5.74) is 3.88. The van der Waals surface area contributed by atoms with Crippen molar-refractivity contribution >= 4 is 16.9 Å². The number of ether oxygens (including phenoxy) is 2. The standard InChI is InChI=1S/C28H31N5O2/c1-3-35-26-18-20(11-12-25(26)34-2)19-33-16-13-21(14-17-33)30-28-31-23-9-5-4-8-22(23)27(32-28)24-10-6-7-15-29-24/h4-12,15,18,21H,3,13-14,16-17,19H2,1-2H3,(H,30,31,32). The molecule has 0 amide bonds. The van der Waals surface area contributed by atoms with Crippen LogP contribution in [0.3, 0.4) is 0 Å². The number of hydrogen-bond acceptors (Lipinski definition) is 7. The largest absolute Gasteiger partial charge is 0.493 e. The van der Waals surface area contributed by atoms with Crippen molar-refractivity contribution in [2.24, 2.45) is 0 Å². The quantitative estimate of drug-likeness (QED) is 0.381. The SMILES string of the molecule is CCOc1cc(CN2CCC(Nc3nc(-c4ccccn4)c4ccccc4n3)CC2)ccc1OC. The van der Waals surface area contributed by atoms with Gasteiger partial charge in [0.05, 0.1) is 24.9 Å². The molecule has 7 heteroatoms. The van der Waals surface area contributed by atoms with Gasteiger partial charge in [-0.2, -0.15) is 0 Å². The molecule has 0 radical (unpaired) electrons. The predicted octanol–water partition coefficient (Wildman–Crippen LogP) is 5.18. The first kappa shape index (κ1) is 23.1. The third-order valence-corrected chi connectivity index (χ3v) is 6.37. The van der Waals surface area contributed by atoms with Gasteiger partial charge >= 0.3 is 0 Å². The number of nitrogens with one attached hydrogen (secondary N) is 1. The molecule has 1 fully saturated rings. The van der Waals surface area contributed by atoms with Crippen LogP contribution < -0.4 is 14.8 Å². The highest BCUT2D eigenvalue weighted by atomic mass is 16.5. The maximum atomic E-state index is 5.74. The first-order valence-corrected chi connectivity index (χ1v) is 12.2. The maximum Gasteiger partial charge on any atom is 0.224 e. The third kappa shape index (κ3) is 5.35. The van der Waals surface area contributed by atoms with Crippen LogP contribution in [0.4, 0.5) is 5.95 Å². The molecule has 1 N–H and O–H groups in total. The van der Waals surface area contributed by atoms with E-state index < -0.39 is 0 Å². The minimum absolute atomic E-state index is 0.332. The second-order valence-corrected chi connectivity index (χ2v) is 8.74. The molecule has 5 rings (SSSR count). The van der Waals surface area contributed by atoms with Gasteiger partial charge in [0, 0.05) is 37.3 Å². The highest BCUT2D eigenvalue weighted by Gasteiger charge is 2.21. The van der Waals surface area contributed by atoms with Crippen LogP contribution in [0.2, 0.25) is 0 Å². The van der Waals surface area contributed by atoms with E-state index in [1.54, 1.807) is 13.3 Å². The van der Waals surface area contributed by atoms with Crippen LogP contribution in [0.15, 0.2) is 66.9 Å². The summed E-state index contributed by atoms with van der Waals surface area (Å²) in [4.78, 5) is 16.7. The zero-order valence-corrected chi connectivity index (χ0v) is 20.3. The summed E-state index contributed by atoms with van der Waals surface area (Å²) >= 11 is 0. The zero-order valence-electron chi connectivity index (χ0n) is 20.3. The van der Waals surface area contributed by atoms with Gasteiger partial charge in [0.25, 0.3) is 0 Å². The van der Waals surface area contributed by atoms with Gasteiger partial charge in [-0.05, 0) is 55.7 Å². The fourth-order valence-corrected chi connectivity index (χ4v) is 4.60. The normalized spacial score (nSPS) is 14.7. The second kappa shape index (κ2) is 10.7. The average molecular weight is 470 g/mol. The Labute approximate surface area is 206 Å². The van der Waals surface area contributed by atoms with E-state index in [9.17, 15) is 0 Å². The van der Waals surface area contributed by atoms with Crippen molar-refractivity contribution in [2.45, 2.75) is 32.4 Å². The van der Waals surface area contributed by atoms with Crippen molar-refractivity contribution in [3.63, 3.8) is 0 Å². The van der Waals surface area contributed by atoms with Gasteiger partial charge < -0.3 is 14.8 Å². The number of hydrogen-bond donors (Lipinski definition) is 1. The Balaban J connectivity index is 1.26. The molecule has 1 aliphatic heterocycles. The van der Waals surface area contributed by atoms with Crippen LogP contribution in [-0.4, -0.2) is 52.7 Å². The molecule has 4 aromatic rings. The number of methoxy groups -OCH3 is 1. The van der Waals surface area contributed by atoms with Crippen molar-refractivity contribution in [1.82, 2.24) is 19.9 Å². The summed E-state index contributed by atoms with van der Waals surface area (Å²) in [6.07, 6.45) is 3.86. The first-order valence-electron chi connectivity index (χ1n) is 12.2. The Kier molecular flexibility index (Phi) is 7.04. The number of likely N-dealkylation sites (tertiary alicyclic amines) is 1. The Bertz CT molecular complexity index is 1270. The minimum atomic E-state index is 0.332.